The third kappa shape index (κ3) is 2.69. The number of hydrogen-bond donors (Lipinski definition) is 1. The first kappa shape index (κ1) is 20.0. The first-order valence-electron chi connectivity index (χ1n) is 11.6. The molecule has 160 valence electrons. The summed E-state index contributed by atoms with van der Waals surface area (Å²) in [5, 5.41) is 22.3. The van der Waals surface area contributed by atoms with Crippen LogP contribution in [-0.2, 0) is 4.79 Å². The number of aliphatic hydroxyl groups is 1. The average molecular weight is 408 g/mol. The molecule has 6 atom stereocenters. The van der Waals surface area contributed by atoms with Crippen LogP contribution in [0.4, 0.5) is 0 Å². The molecule has 4 aliphatic carbocycles. The number of carbonyl (C=O) groups is 2. The van der Waals surface area contributed by atoms with E-state index in [9.17, 15) is 19.8 Å². The Morgan fingerprint density at radius 3 is 2.67 bits per heavy atom. The molecule has 1 N–H and O–H groups in total. The summed E-state index contributed by atoms with van der Waals surface area (Å²) in [6.07, 6.45) is 9.41. The van der Waals surface area contributed by atoms with E-state index in [-0.39, 0.29) is 29.1 Å². The van der Waals surface area contributed by atoms with Gasteiger partial charge >= 0.3 is 0 Å². The van der Waals surface area contributed by atoms with Crippen LogP contribution in [0.15, 0.2) is 35.9 Å². The molecule has 0 amide bonds. The van der Waals surface area contributed by atoms with Crippen molar-refractivity contribution in [2.75, 3.05) is 6.61 Å². The number of benzene rings is 1. The Bertz CT molecular complexity index is 917. The van der Waals surface area contributed by atoms with Gasteiger partial charge in [0.05, 0.1) is 12.6 Å². The van der Waals surface area contributed by atoms with Crippen LogP contribution in [0.1, 0.15) is 80.1 Å². The minimum atomic E-state index is -1.08. The van der Waals surface area contributed by atoms with Gasteiger partial charge in [-0.15, -0.1) is 0 Å². The molecule has 1 aromatic rings. The molecule has 0 aliphatic heterocycles. The second-order valence-corrected chi connectivity index (χ2v) is 10.4. The van der Waals surface area contributed by atoms with Crippen LogP contribution in [-0.4, -0.2) is 23.5 Å². The van der Waals surface area contributed by atoms with Gasteiger partial charge in [0, 0.05) is 17.4 Å². The molecule has 5 rings (SSSR count). The van der Waals surface area contributed by atoms with E-state index in [0.717, 1.165) is 50.5 Å². The number of hydrogen-bond acceptors (Lipinski definition) is 4. The lowest BCUT2D eigenvalue weighted by Crippen LogP contribution is -2.52. The zero-order valence-corrected chi connectivity index (χ0v) is 17.7. The number of carbonyl (C=O) groups excluding carboxylic acids is 2. The molecular formula is C26H31O4-. The standard InChI is InChI=1S/C26H32O4/c1-25-12-11-23-20(7-6-16-14-17(28)10-13-26(16,23)15-27)22(25)9-8-21(25)18-4-2-3-5-19(18)24(29)30/h2-5,14,20-23,27H,6-13,15H2,1H3,(H,29,30)/p-1. The molecule has 0 saturated heterocycles. The SMILES string of the molecule is CC12CCC3C(CCC4=CC(=O)CCC43CO)C1CCC2c1ccccc1C(=O)[O-]. The number of rotatable bonds is 3. The number of carboxylic acids is 1. The molecule has 6 unspecified atom stereocenters. The van der Waals surface area contributed by atoms with Crippen molar-refractivity contribution in [1.29, 1.82) is 0 Å². The maximum atomic E-state index is 12.0. The van der Waals surface area contributed by atoms with E-state index >= 15 is 0 Å². The van der Waals surface area contributed by atoms with Crippen LogP contribution in [0, 0.1) is 28.6 Å². The lowest BCUT2D eigenvalue weighted by molar-refractivity contribution is -0.255. The third-order valence-corrected chi connectivity index (χ3v) is 9.52. The third-order valence-electron chi connectivity index (χ3n) is 9.52. The molecule has 4 aliphatic rings. The van der Waals surface area contributed by atoms with E-state index in [4.69, 9.17) is 0 Å². The molecule has 30 heavy (non-hydrogen) atoms. The van der Waals surface area contributed by atoms with E-state index in [1.165, 1.54) is 5.57 Å². The van der Waals surface area contributed by atoms with Crippen molar-refractivity contribution in [3.8, 4) is 0 Å². The van der Waals surface area contributed by atoms with Crippen molar-refractivity contribution in [2.45, 2.75) is 64.2 Å². The molecule has 0 spiro atoms. The van der Waals surface area contributed by atoms with E-state index in [1.807, 2.05) is 18.2 Å². The molecule has 0 radical (unpaired) electrons. The normalized spacial score (nSPS) is 40.2. The highest BCUT2D eigenvalue weighted by Crippen LogP contribution is 2.68. The fraction of sp³-hybridized carbons (Fsp3) is 0.615. The first-order valence-corrected chi connectivity index (χ1v) is 11.6. The van der Waals surface area contributed by atoms with Gasteiger partial charge in [-0.05, 0) is 85.7 Å². The Hall–Kier alpha value is -1.94. The molecule has 0 aromatic heterocycles. The molecule has 4 nitrogen and oxygen atoms in total. The summed E-state index contributed by atoms with van der Waals surface area (Å²) in [7, 11) is 0. The molecular weight excluding hydrogens is 376 g/mol. The van der Waals surface area contributed by atoms with Crippen LogP contribution < -0.4 is 5.11 Å². The monoisotopic (exact) mass is 407 g/mol. The van der Waals surface area contributed by atoms with Gasteiger partial charge in [-0.2, -0.15) is 0 Å². The topological polar surface area (TPSA) is 77.4 Å². The van der Waals surface area contributed by atoms with Crippen molar-refractivity contribution >= 4 is 11.8 Å². The number of carboxylic acid groups (broad SMARTS) is 1. The fourth-order valence-electron chi connectivity index (χ4n) is 8.16. The molecule has 4 heteroatoms. The molecule has 0 bridgehead atoms. The van der Waals surface area contributed by atoms with Crippen LogP contribution in [0.2, 0.25) is 0 Å². The Kier molecular flexibility index (Phi) is 4.70. The summed E-state index contributed by atoms with van der Waals surface area (Å²) in [5.41, 5.74) is 2.35. The number of fused-ring (bicyclic) bond motifs is 5. The van der Waals surface area contributed by atoms with Crippen molar-refractivity contribution in [3.63, 3.8) is 0 Å². The van der Waals surface area contributed by atoms with Gasteiger partial charge in [0.2, 0.25) is 0 Å². The highest BCUT2D eigenvalue weighted by molar-refractivity contribution is 5.91. The Morgan fingerprint density at radius 2 is 1.90 bits per heavy atom. The predicted molar refractivity (Wildman–Crippen MR) is 112 cm³/mol. The van der Waals surface area contributed by atoms with Crippen LogP contribution in [0.25, 0.3) is 0 Å². The van der Waals surface area contributed by atoms with Gasteiger partial charge in [-0.25, -0.2) is 0 Å². The quantitative estimate of drug-likeness (QED) is 0.830. The van der Waals surface area contributed by atoms with Gasteiger partial charge in [0.25, 0.3) is 0 Å². The van der Waals surface area contributed by atoms with Gasteiger partial charge < -0.3 is 15.0 Å². The smallest absolute Gasteiger partial charge is 0.155 e. The van der Waals surface area contributed by atoms with E-state index in [0.29, 0.717) is 29.7 Å². The highest BCUT2D eigenvalue weighted by Gasteiger charge is 2.60. The second-order valence-electron chi connectivity index (χ2n) is 10.4. The zero-order valence-electron chi connectivity index (χ0n) is 17.7. The predicted octanol–water partition coefficient (Wildman–Crippen LogP) is 3.64. The van der Waals surface area contributed by atoms with Crippen molar-refractivity contribution in [1.82, 2.24) is 0 Å². The number of ketones is 1. The molecule has 1 aromatic carbocycles. The van der Waals surface area contributed by atoms with Gasteiger partial charge in [-0.3, -0.25) is 4.79 Å². The lowest BCUT2D eigenvalue weighted by atomic mass is 9.46. The number of aliphatic hydroxyl groups excluding tert-OH is 1. The summed E-state index contributed by atoms with van der Waals surface area (Å²) in [5.74, 6) is 0.897. The molecule has 3 fully saturated rings. The average Bonchev–Trinajstić information content (AvgIpc) is 3.10. The van der Waals surface area contributed by atoms with Crippen molar-refractivity contribution in [2.24, 2.45) is 28.6 Å². The van der Waals surface area contributed by atoms with Gasteiger partial charge in [0.1, 0.15) is 0 Å². The van der Waals surface area contributed by atoms with Crippen LogP contribution in [0.3, 0.4) is 0 Å². The zero-order chi connectivity index (χ0) is 21.1. The summed E-state index contributed by atoms with van der Waals surface area (Å²) in [4.78, 5) is 23.8. The van der Waals surface area contributed by atoms with E-state index in [2.05, 4.69) is 6.92 Å². The lowest BCUT2D eigenvalue weighted by Gasteiger charge is -2.58. The van der Waals surface area contributed by atoms with Crippen LogP contribution >= 0.6 is 0 Å². The maximum Gasteiger partial charge on any atom is 0.155 e. The minimum Gasteiger partial charge on any atom is -0.545 e. The second kappa shape index (κ2) is 7.05. The Balaban J connectivity index is 1.50. The van der Waals surface area contributed by atoms with Gasteiger partial charge in [-0.1, -0.05) is 36.8 Å². The fourth-order valence-corrected chi connectivity index (χ4v) is 8.16. The van der Waals surface area contributed by atoms with E-state index in [1.54, 1.807) is 12.1 Å². The summed E-state index contributed by atoms with van der Waals surface area (Å²) in [6, 6.07) is 7.40. The minimum absolute atomic E-state index is 0.0784. The van der Waals surface area contributed by atoms with Crippen LogP contribution in [0.5, 0.6) is 0 Å². The summed E-state index contributed by atoms with van der Waals surface area (Å²) >= 11 is 0. The van der Waals surface area contributed by atoms with Crippen molar-refractivity contribution < 1.29 is 19.8 Å². The summed E-state index contributed by atoms with van der Waals surface area (Å²) in [6.45, 7) is 2.52. The first-order chi connectivity index (χ1) is 14.4. The largest absolute Gasteiger partial charge is 0.545 e. The molecule has 3 saturated carbocycles. The Morgan fingerprint density at radius 1 is 1.10 bits per heavy atom. The molecule has 0 heterocycles. The van der Waals surface area contributed by atoms with E-state index < -0.39 is 5.97 Å². The van der Waals surface area contributed by atoms with Gasteiger partial charge in [0.15, 0.2) is 5.78 Å². The highest BCUT2D eigenvalue weighted by atomic mass is 16.4. The Labute approximate surface area is 178 Å². The van der Waals surface area contributed by atoms with Crippen molar-refractivity contribution in [3.05, 3.63) is 47.0 Å². The number of aromatic carboxylic acids is 1. The summed E-state index contributed by atoms with van der Waals surface area (Å²) < 4.78 is 0. The maximum absolute atomic E-state index is 12.0.